The highest BCUT2D eigenvalue weighted by atomic mass is 16.5. The summed E-state index contributed by atoms with van der Waals surface area (Å²) in [6, 6.07) is 5.67. The Hall–Kier alpha value is -1.59. The van der Waals surface area contributed by atoms with E-state index in [1.807, 2.05) is 32.0 Å². The van der Waals surface area contributed by atoms with Crippen LogP contribution in [0.5, 0.6) is 5.75 Å². The molecule has 0 aliphatic carbocycles. The van der Waals surface area contributed by atoms with Crippen molar-refractivity contribution in [2.45, 2.75) is 19.9 Å². The lowest BCUT2D eigenvalue weighted by molar-refractivity contribution is -0.921. The molecular weight excluding hydrogens is 256 g/mol. The molecule has 2 rings (SSSR count). The minimum atomic E-state index is -0.0934. The summed E-state index contributed by atoms with van der Waals surface area (Å²) in [4.78, 5) is 13.6. The first-order chi connectivity index (χ1) is 9.61. The largest absolute Gasteiger partial charge is 0.495 e. The minimum Gasteiger partial charge on any atom is -0.495 e. The van der Waals surface area contributed by atoms with Gasteiger partial charge >= 0.3 is 0 Å². The summed E-state index contributed by atoms with van der Waals surface area (Å²) >= 11 is 0. The van der Waals surface area contributed by atoms with Gasteiger partial charge in [0.25, 0.3) is 5.91 Å². The van der Waals surface area contributed by atoms with Crippen molar-refractivity contribution in [1.82, 2.24) is 0 Å². The quantitative estimate of drug-likeness (QED) is 0.830. The second kappa shape index (κ2) is 6.72. The number of aryl methyl sites for hydroxylation is 1. The van der Waals surface area contributed by atoms with Crippen molar-refractivity contribution in [2.24, 2.45) is 0 Å². The number of morpholine rings is 1. The van der Waals surface area contributed by atoms with Crippen LogP contribution in [-0.2, 0) is 9.53 Å². The van der Waals surface area contributed by atoms with Gasteiger partial charge in [-0.25, -0.2) is 0 Å². The normalized spacial score (nSPS) is 17.6. The Morgan fingerprint density at radius 2 is 2.10 bits per heavy atom. The molecule has 0 aromatic heterocycles. The molecule has 5 heteroatoms. The van der Waals surface area contributed by atoms with Crippen LogP contribution in [0, 0.1) is 6.92 Å². The van der Waals surface area contributed by atoms with Gasteiger partial charge in [0.1, 0.15) is 18.8 Å². The molecular formula is C15H23N2O3+. The first kappa shape index (κ1) is 14.8. The van der Waals surface area contributed by atoms with Crippen molar-refractivity contribution < 1.29 is 19.2 Å². The molecule has 1 fully saturated rings. The molecule has 110 valence electrons. The molecule has 0 bridgehead atoms. The number of methoxy groups -OCH3 is 1. The number of hydrogen-bond donors (Lipinski definition) is 2. The van der Waals surface area contributed by atoms with E-state index in [4.69, 9.17) is 9.47 Å². The molecule has 1 saturated heterocycles. The third-order valence-corrected chi connectivity index (χ3v) is 3.75. The number of hydrogen-bond acceptors (Lipinski definition) is 3. The van der Waals surface area contributed by atoms with Crippen LogP contribution in [0.25, 0.3) is 0 Å². The lowest BCUT2D eigenvalue weighted by atomic mass is 10.2. The van der Waals surface area contributed by atoms with Crippen LogP contribution in [0.4, 0.5) is 5.69 Å². The number of anilines is 1. The maximum Gasteiger partial charge on any atom is 0.282 e. The van der Waals surface area contributed by atoms with Gasteiger partial charge in [0.15, 0.2) is 6.04 Å². The van der Waals surface area contributed by atoms with Crippen molar-refractivity contribution in [1.29, 1.82) is 0 Å². The van der Waals surface area contributed by atoms with E-state index < -0.39 is 0 Å². The van der Waals surface area contributed by atoms with Crippen molar-refractivity contribution >= 4 is 11.6 Å². The minimum absolute atomic E-state index is 0.0193. The number of carbonyl (C=O) groups is 1. The van der Waals surface area contributed by atoms with Crippen molar-refractivity contribution in [3.63, 3.8) is 0 Å². The highest BCUT2D eigenvalue weighted by Gasteiger charge is 2.27. The Bertz CT molecular complexity index is 470. The Balaban J connectivity index is 2.05. The van der Waals surface area contributed by atoms with Gasteiger partial charge in [0, 0.05) is 0 Å². The lowest BCUT2D eigenvalue weighted by Crippen LogP contribution is -3.18. The van der Waals surface area contributed by atoms with Crippen LogP contribution in [0.1, 0.15) is 12.5 Å². The predicted octanol–water partition coefficient (Wildman–Crippen LogP) is 0.246. The first-order valence-corrected chi connectivity index (χ1v) is 6.99. The van der Waals surface area contributed by atoms with E-state index in [1.165, 1.54) is 4.90 Å². The smallest absolute Gasteiger partial charge is 0.282 e. The Kier molecular flexibility index (Phi) is 4.98. The van der Waals surface area contributed by atoms with Crippen molar-refractivity contribution in [3.8, 4) is 5.75 Å². The highest BCUT2D eigenvalue weighted by Crippen LogP contribution is 2.25. The Morgan fingerprint density at radius 1 is 1.40 bits per heavy atom. The summed E-state index contributed by atoms with van der Waals surface area (Å²) < 4.78 is 10.6. The number of nitrogens with one attached hydrogen (secondary N) is 2. The van der Waals surface area contributed by atoms with E-state index in [2.05, 4.69) is 5.32 Å². The molecule has 1 aliphatic heterocycles. The third-order valence-electron chi connectivity index (χ3n) is 3.75. The third kappa shape index (κ3) is 3.49. The zero-order valence-electron chi connectivity index (χ0n) is 12.4. The second-order valence-corrected chi connectivity index (χ2v) is 5.19. The van der Waals surface area contributed by atoms with E-state index in [-0.39, 0.29) is 11.9 Å². The van der Waals surface area contributed by atoms with Crippen LogP contribution in [0.2, 0.25) is 0 Å². The van der Waals surface area contributed by atoms with E-state index in [0.717, 1.165) is 37.6 Å². The van der Waals surface area contributed by atoms with E-state index in [1.54, 1.807) is 7.11 Å². The lowest BCUT2D eigenvalue weighted by Gasteiger charge is -2.28. The molecule has 0 unspecified atom stereocenters. The molecule has 1 atom stereocenters. The molecule has 1 amide bonds. The zero-order valence-corrected chi connectivity index (χ0v) is 12.4. The van der Waals surface area contributed by atoms with Gasteiger partial charge in [0.05, 0.1) is 26.0 Å². The van der Waals surface area contributed by atoms with Crippen LogP contribution in [0.3, 0.4) is 0 Å². The van der Waals surface area contributed by atoms with Crippen molar-refractivity contribution in [2.75, 3.05) is 38.7 Å². The first-order valence-electron chi connectivity index (χ1n) is 6.99. The standard InChI is InChI=1S/C15H22N2O3/c1-11-4-5-14(19-3)13(10-11)16-15(18)12(2)17-6-8-20-9-7-17/h4-5,10,12H,6-9H2,1-3H3,(H,16,18)/p+1/t12-/m1/s1. The van der Waals surface area contributed by atoms with Crippen LogP contribution < -0.4 is 15.0 Å². The fourth-order valence-electron chi connectivity index (χ4n) is 2.41. The van der Waals surface area contributed by atoms with Gasteiger partial charge in [-0.05, 0) is 31.5 Å². The molecule has 1 aliphatic rings. The summed E-state index contributed by atoms with van der Waals surface area (Å²) in [5.41, 5.74) is 1.82. The fraction of sp³-hybridized carbons (Fsp3) is 0.533. The van der Waals surface area contributed by atoms with Gasteiger partial charge in [-0.3, -0.25) is 4.79 Å². The molecule has 0 spiro atoms. The molecule has 1 heterocycles. The molecule has 20 heavy (non-hydrogen) atoms. The number of amides is 1. The topological polar surface area (TPSA) is 52.0 Å². The monoisotopic (exact) mass is 279 g/mol. The number of carbonyl (C=O) groups excluding carboxylic acids is 1. The molecule has 0 radical (unpaired) electrons. The van der Waals surface area contributed by atoms with E-state index in [9.17, 15) is 4.79 Å². The number of ether oxygens (including phenoxy) is 2. The SMILES string of the molecule is COc1ccc(C)cc1NC(=O)[C@@H](C)[NH+]1CCOCC1. The average Bonchev–Trinajstić information content (AvgIpc) is 2.47. The average molecular weight is 279 g/mol. The van der Waals surface area contributed by atoms with Crippen molar-refractivity contribution in [3.05, 3.63) is 23.8 Å². The molecule has 5 nitrogen and oxygen atoms in total. The molecule has 1 aromatic carbocycles. The maximum atomic E-state index is 12.4. The maximum absolute atomic E-state index is 12.4. The Morgan fingerprint density at radius 3 is 2.75 bits per heavy atom. The van der Waals surface area contributed by atoms with Gasteiger partial charge in [-0.2, -0.15) is 0 Å². The van der Waals surface area contributed by atoms with Gasteiger partial charge in [-0.15, -0.1) is 0 Å². The van der Waals surface area contributed by atoms with Crippen LogP contribution >= 0.6 is 0 Å². The summed E-state index contributed by atoms with van der Waals surface area (Å²) in [6.07, 6.45) is 0. The van der Waals surface area contributed by atoms with E-state index >= 15 is 0 Å². The van der Waals surface area contributed by atoms with Crippen LogP contribution in [0.15, 0.2) is 18.2 Å². The number of quaternary nitrogens is 1. The van der Waals surface area contributed by atoms with Gasteiger partial charge < -0.3 is 19.7 Å². The Labute approximate surface area is 119 Å². The highest BCUT2D eigenvalue weighted by molar-refractivity contribution is 5.95. The number of rotatable bonds is 4. The van der Waals surface area contributed by atoms with Crippen LogP contribution in [-0.4, -0.2) is 45.4 Å². The summed E-state index contributed by atoms with van der Waals surface area (Å²) in [5, 5.41) is 2.97. The van der Waals surface area contributed by atoms with Gasteiger partial charge in [0.2, 0.25) is 0 Å². The zero-order chi connectivity index (χ0) is 14.5. The molecule has 2 N–H and O–H groups in total. The summed E-state index contributed by atoms with van der Waals surface area (Å²) in [6.45, 7) is 7.14. The predicted molar refractivity (Wildman–Crippen MR) is 77.3 cm³/mol. The number of benzene rings is 1. The van der Waals surface area contributed by atoms with E-state index in [0.29, 0.717) is 5.75 Å². The summed E-state index contributed by atoms with van der Waals surface area (Å²) in [7, 11) is 1.61. The molecule has 1 aromatic rings. The fourth-order valence-corrected chi connectivity index (χ4v) is 2.41. The second-order valence-electron chi connectivity index (χ2n) is 5.19. The van der Waals surface area contributed by atoms with Gasteiger partial charge in [-0.1, -0.05) is 6.07 Å². The summed E-state index contributed by atoms with van der Waals surface area (Å²) in [5.74, 6) is 0.707. The molecule has 0 saturated carbocycles.